The summed E-state index contributed by atoms with van der Waals surface area (Å²) in [6.45, 7) is 2.83. The van der Waals surface area contributed by atoms with Crippen LogP contribution < -0.4 is 5.32 Å². The van der Waals surface area contributed by atoms with Crippen molar-refractivity contribution in [3.8, 4) is 0 Å². The molecule has 1 saturated heterocycles. The summed E-state index contributed by atoms with van der Waals surface area (Å²) in [5.74, 6) is 1.13. The van der Waals surface area contributed by atoms with Gasteiger partial charge in [0.05, 0.1) is 18.8 Å². The van der Waals surface area contributed by atoms with Crippen LogP contribution in [0.5, 0.6) is 0 Å². The Hall–Kier alpha value is -1.85. The van der Waals surface area contributed by atoms with Crippen LogP contribution >= 0.6 is 11.8 Å². The first-order valence-corrected chi connectivity index (χ1v) is 8.91. The Labute approximate surface area is 141 Å². The molecule has 120 valence electrons. The summed E-state index contributed by atoms with van der Waals surface area (Å²) in [6.07, 6.45) is 1.74. The molecule has 4 nitrogen and oxygen atoms in total. The molecule has 0 aliphatic carbocycles. The average Bonchev–Trinajstić information content (AvgIpc) is 2.62. The van der Waals surface area contributed by atoms with Gasteiger partial charge >= 0.3 is 0 Å². The van der Waals surface area contributed by atoms with Gasteiger partial charge in [-0.3, -0.25) is 14.7 Å². The molecule has 3 rings (SSSR count). The number of nitrogens with zero attached hydrogens (tertiary/aromatic N) is 2. The molecular formula is C18H21N3OS. The summed E-state index contributed by atoms with van der Waals surface area (Å²) in [5.41, 5.74) is 2.23. The Kier molecular flexibility index (Phi) is 5.66. The van der Waals surface area contributed by atoms with Gasteiger partial charge in [-0.25, -0.2) is 0 Å². The fourth-order valence-corrected chi connectivity index (χ4v) is 3.98. The first-order valence-electron chi connectivity index (χ1n) is 7.87. The maximum atomic E-state index is 12.1. The zero-order chi connectivity index (χ0) is 15.9. The van der Waals surface area contributed by atoms with Crippen molar-refractivity contribution in [2.45, 2.75) is 11.8 Å². The topological polar surface area (TPSA) is 45.2 Å². The molecule has 0 spiro atoms. The summed E-state index contributed by atoms with van der Waals surface area (Å²) in [6, 6.07) is 16.3. The van der Waals surface area contributed by atoms with E-state index >= 15 is 0 Å². The van der Waals surface area contributed by atoms with Crippen LogP contribution in [0.3, 0.4) is 0 Å². The third-order valence-electron chi connectivity index (χ3n) is 3.88. The predicted molar refractivity (Wildman–Crippen MR) is 94.2 cm³/mol. The van der Waals surface area contributed by atoms with Crippen LogP contribution in [0.1, 0.15) is 16.5 Å². The molecule has 1 aliphatic rings. The zero-order valence-electron chi connectivity index (χ0n) is 13.0. The summed E-state index contributed by atoms with van der Waals surface area (Å²) < 4.78 is 0. The quantitative estimate of drug-likeness (QED) is 0.916. The standard InChI is InChI=1S/C18H21N3OS/c22-18(20-12-16-8-4-5-9-19-16)14-21-10-11-23-17(13-21)15-6-2-1-3-7-15/h1-9,17H,10-14H2,(H,20,22)/t17-/m1/s1. The molecule has 0 unspecified atom stereocenters. The van der Waals surface area contributed by atoms with Crippen molar-refractivity contribution in [1.82, 2.24) is 15.2 Å². The lowest BCUT2D eigenvalue weighted by molar-refractivity contribution is -0.122. The second-order valence-electron chi connectivity index (χ2n) is 5.60. The largest absolute Gasteiger partial charge is 0.349 e. The van der Waals surface area contributed by atoms with E-state index in [1.165, 1.54) is 5.56 Å². The van der Waals surface area contributed by atoms with Crippen molar-refractivity contribution in [2.24, 2.45) is 0 Å². The molecule has 5 heteroatoms. The van der Waals surface area contributed by atoms with Crippen molar-refractivity contribution in [1.29, 1.82) is 0 Å². The lowest BCUT2D eigenvalue weighted by Gasteiger charge is -2.32. The number of aromatic nitrogens is 1. The maximum Gasteiger partial charge on any atom is 0.234 e. The van der Waals surface area contributed by atoms with Crippen LogP contribution in [-0.2, 0) is 11.3 Å². The van der Waals surface area contributed by atoms with Crippen molar-refractivity contribution in [3.05, 3.63) is 66.0 Å². The molecule has 0 bridgehead atoms. The number of hydrogen-bond acceptors (Lipinski definition) is 4. The summed E-state index contributed by atoms with van der Waals surface area (Å²) in [7, 11) is 0. The van der Waals surface area contributed by atoms with E-state index in [-0.39, 0.29) is 5.91 Å². The highest BCUT2D eigenvalue weighted by molar-refractivity contribution is 7.99. The number of benzene rings is 1. The molecule has 2 aromatic rings. The van der Waals surface area contributed by atoms with Crippen LogP contribution in [0.15, 0.2) is 54.7 Å². The molecule has 0 radical (unpaired) electrons. The van der Waals surface area contributed by atoms with Crippen molar-refractivity contribution in [3.63, 3.8) is 0 Å². The second-order valence-corrected chi connectivity index (χ2v) is 6.91. The number of amides is 1. The fraction of sp³-hybridized carbons (Fsp3) is 0.333. The molecule has 1 N–H and O–H groups in total. The van der Waals surface area contributed by atoms with Gasteiger partial charge in [-0.1, -0.05) is 36.4 Å². The molecule has 1 atom stereocenters. The number of rotatable bonds is 5. The third kappa shape index (κ3) is 4.81. The predicted octanol–water partition coefficient (Wildman–Crippen LogP) is 2.49. The van der Waals surface area contributed by atoms with Gasteiger partial charge < -0.3 is 5.32 Å². The van der Waals surface area contributed by atoms with E-state index in [0.29, 0.717) is 18.3 Å². The van der Waals surface area contributed by atoms with Gasteiger partial charge in [0.15, 0.2) is 0 Å². The number of hydrogen-bond donors (Lipinski definition) is 1. The Morgan fingerprint density at radius 1 is 1.22 bits per heavy atom. The van der Waals surface area contributed by atoms with E-state index < -0.39 is 0 Å². The lowest BCUT2D eigenvalue weighted by Crippen LogP contribution is -2.42. The Balaban J connectivity index is 1.48. The van der Waals surface area contributed by atoms with Gasteiger partial charge in [-0.05, 0) is 17.7 Å². The first-order chi connectivity index (χ1) is 11.3. The number of thioether (sulfide) groups is 1. The van der Waals surface area contributed by atoms with Crippen LogP contribution in [0, 0.1) is 0 Å². The summed E-state index contributed by atoms with van der Waals surface area (Å²) in [4.78, 5) is 18.6. The fourth-order valence-electron chi connectivity index (χ4n) is 2.67. The normalized spacial score (nSPS) is 18.5. The van der Waals surface area contributed by atoms with Gasteiger partial charge in [0.1, 0.15) is 0 Å². The third-order valence-corrected chi connectivity index (χ3v) is 5.12. The van der Waals surface area contributed by atoms with Crippen molar-refractivity contribution < 1.29 is 4.79 Å². The van der Waals surface area contributed by atoms with E-state index in [2.05, 4.69) is 39.5 Å². The van der Waals surface area contributed by atoms with E-state index in [9.17, 15) is 4.79 Å². The van der Waals surface area contributed by atoms with Crippen LogP contribution in [0.4, 0.5) is 0 Å². The van der Waals surface area contributed by atoms with Crippen LogP contribution in [-0.4, -0.2) is 41.2 Å². The molecule has 1 aromatic heterocycles. The second kappa shape index (κ2) is 8.13. The Bertz CT molecular complexity index is 621. The highest BCUT2D eigenvalue weighted by Gasteiger charge is 2.23. The molecule has 1 aliphatic heterocycles. The van der Waals surface area contributed by atoms with Gasteiger partial charge in [0.2, 0.25) is 5.91 Å². The smallest absolute Gasteiger partial charge is 0.234 e. The van der Waals surface area contributed by atoms with E-state index in [0.717, 1.165) is 24.5 Å². The number of pyridine rings is 1. The van der Waals surface area contributed by atoms with Gasteiger partial charge in [-0.2, -0.15) is 11.8 Å². The minimum Gasteiger partial charge on any atom is -0.349 e. The molecule has 2 heterocycles. The Morgan fingerprint density at radius 2 is 2.04 bits per heavy atom. The summed E-state index contributed by atoms with van der Waals surface area (Å²) >= 11 is 1.97. The monoisotopic (exact) mass is 327 g/mol. The minimum absolute atomic E-state index is 0.0642. The number of carbonyl (C=O) groups excluding carboxylic acids is 1. The van der Waals surface area contributed by atoms with Crippen LogP contribution in [0.2, 0.25) is 0 Å². The van der Waals surface area contributed by atoms with E-state index in [1.54, 1.807) is 6.20 Å². The zero-order valence-corrected chi connectivity index (χ0v) is 13.8. The number of nitrogens with one attached hydrogen (secondary N) is 1. The maximum absolute atomic E-state index is 12.1. The molecule has 1 fully saturated rings. The average molecular weight is 327 g/mol. The van der Waals surface area contributed by atoms with Crippen molar-refractivity contribution in [2.75, 3.05) is 25.4 Å². The molecule has 0 saturated carbocycles. The van der Waals surface area contributed by atoms with E-state index in [4.69, 9.17) is 0 Å². The van der Waals surface area contributed by atoms with Crippen molar-refractivity contribution >= 4 is 17.7 Å². The highest BCUT2D eigenvalue weighted by atomic mass is 32.2. The highest BCUT2D eigenvalue weighted by Crippen LogP contribution is 2.32. The minimum atomic E-state index is 0.0642. The lowest BCUT2D eigenvalue weighted by atomic mass is 10.1. The Morgan fingerprint density at radius 3 is 2.83 bits per heavy atom. The van der Waals surface area contributed by atoms with Crippen LogP contribution in [0.25, 0.3) is 0 Å². The van der Waals surface area contributed by atoms with Gasteiger partial charge in [0.25, 0.3) is 0 Å². The van der Waals surface area contributed by atoms with Gasteiger partial charge in [0, 0.05) is 30.3 Å². The molecule has 23 heavy (non-hydrogen) atoms. The molecular weight excluding hydrogens is 306 g/mol. The molecule has 1 amide bonds. The van der Waals surface area contributed by atoms with Gasteiger partial charge in [-0.15, -0.1) is 0 Å². The summed E-state index contributed by atoms with van der Waals surface area (Å²) in [5, 5.41) is 3.40. The van der Waals surface area contributed by atoms with E-state index in [1.807, 2.05) is 36.0 Å². The molecule has 1 aromatic carbocycles. The SMILES string of the molecule is O=C(CN1CCS[C@@H](c2ccccc2)C1)NCc1ccccn1. The number of carbonyl (C=O) groups is 1. The first kappa shape index (κ1) is 16.0.